The molecule has 2 N–H and O–H groups in total. The largest absolute Gasteiger partial charge is 0.320 e. The minimum absolute atomic E-state index is 0.128. The molecule has 0 saturated carbocycles. The number of unbranched alkanes of at least 4 members (excludes halogenated alkanes) is 1. The van der Waals surface area contributed by atoms with E-state index in [-0.39, 0.29) is 5.75 Å². The van der Waals surface area contributed by atoms with Crippen LogP contribution in [0.4, 0.5) is 5.82 Å². The van der Waals surface area contributed by atoms with Crippen LogP contribution in [0.25, 0.3) is 0 Å². The van der Waals surface area contributed by atoms with Gasteiger partial charge in [-0.3, -0.25) is 4.72 Å². The Morgan fingerprint density at radius 1 is 1.22 bits per heavy atom. The molecule has 0 radical (unpaired) electrons. The molecular weight excluding hydrogens is 250 g/mol. The van der Waals surface area contributed by atoms with E-state index in [0.717, 1.165) is 24.2 Å². The maximum absolute atomic E-state index is 11.8. The molecule has 1 aromatic rings. The molecule has 1 aromatic heterocycles. The van der Waals surface area contributed by atoms with E-state index in [9.17, 15) is 8.42 Å². The lowest BCUT2D eigenvalue weighted by Crippen LogP contribution is -2.19. The Balaban J connectivity index is 2.59. The first-order chi connectivity index (χ1) is 8.43. The maximum Gasteiger partial charge on any atom is 0.233 e. The molecule has 5 nitrogen and oxygen atoms in total. The number of nitrogens with one attached hydrogen (secondary N) is 2. The maximum atomic E-state index is 11.8. The second kappa shape index (κ2) is 6.70. The van der Waals surface area contributed by atoms with Crippen molar-refractivity contribution in [1.29, 1.82) is 0 Å². The Morgan fingerprint density at radius 3 is 2.56 bits per heavy atom. The van der Waals surface area contributed by atoms with E-state index in [1.807, 2.05) is 27.0 Å². The molecule has 0 aromatic carbocycles. The molecule has 0 bridgehead atoms. The van der Waals surface area contributed by atoms with Gasteiger partial charge in [-0.25, -0.2) is 13.4 Å². The van der Waals surface area contributed by atoms with Gasteiger partial charge in [0.1, 0.15) is 5.82 Å². The molecule has 0 aliphatic carbocycles. The smallest absolute Gasteiger partial charge is 0.233 e. The van der Waals surface area contributed by atoms with Gasteiger partial charge in [-0.15, -0.1) is 0 Å². The zero-order chi connectivity index (χ0) is 13.6. The Morgan fingerprint density at radius 2 is 1.94 bits per heavy atom. The SMILES string of the molecule is CNCCCCS(=O)(=O)Nc1cc(C)cc(C)n1. The number of pyridine rings is 1. The Labute approximate surface area is 109 Å². The summed E-state index contributed by atoms with van der Waals surface area (Å²) in [4.78, 5) is 4.16. The molecule has 0 saturated heterocycles. The van der Waals surface area contributed by atoms with Crippen LogP contribution >= 0.6 is 0 Å². The number of sulfonamides is 1. The molecule has 0 amide bonds. The highest BCUT2D eigenvalue weighted by molar-refractivity contribution is 7.92. The minimum Gasteiger partial charge on any atom is -0.320 e. The van der Waals surface area contributed by atoms with E-state index in [0.29, 0.717) is 12.2 Å². The van der Waals surface area contributed by atoms with Gasteiger partial charge in [0.2, 0.25) is 10.0 Å². The number of aryl methyl sites for hydroxylation is 2. The van der Waals surface area contributed by atoms with Crippen molar-refractivity contribution in [3.63, 3.8) is 0 Å². The number of rotatable bonds is 7. The van der Waals surface area contributed by atoms with Crippen molar-refractivity contribution < 1.29 is 8.42 Å². The standard InChI is InChI=1S/C12H21N3O2S/c1-10-8-11(2)14-12(9-10)15-18(16,17)7-5-4-6-13-3/h8-9,13H,4-7H2,1-3H3,(H,14,15). The van der Waals surface area contributed by atoms with Gasteiger partial charge in [-0.1, -0.05) is 0 Å². The van der Waals surface area contributed by atoms with E-state index in [4.69, 9.17) is 0 Å². The minimum atomic E-state index is -3.29. The number of nitrogens with zero attached hydrogens (tertiary/aromatic N) is 1. The summed E-state index contributed by atoms with van der Waals surface area (Å²) < 4.78 is 26.1. The van der Waals surface area contributed by atoms with Crippen LogP contribution < -0.4 is 10.0 Å². The van der Waals surface area contributed by atoms with Crippen molar-refractivity contribution in [3.05, 3.63) is 23.4 Å². The third-order valence-electron chi connectivity index (χ3n) is 2.45. The molecule has 18 heavy (non-hydrogen) atoms. The summed E-state index contributed by atoms with van der Waals surface area (Å²) in [6, 6.07) is 3.64. The molecule has 0 aliphatic rings. The zero-order valence-corrected chi connectivity index (χ0v) is 12.0. The van der Waals surface area contributed by atoms with Gasteiger partial charge in [-0.2, -0.15) is 0 Å². The Hall–Kier alpha value is -1.14. The predicted octanol–water partition coefficient (Wildman–Crippen LogP) is 1.44. The van der Waals surface area contributed by atoms with E-state index >= 15 is 0 Å². The average Bonchev–Trinajstić information content (AvgIpc) is 2.22. The van der Waals surface area contributed by atoms with Gasteiger partial charge in [0, 0.05) is 5.69 Å². The molecule has 6 heteroatoms. The van der Waals surface area contributed by atoms with Crippen molar-refractivity contribution in [2.45, 2.75) is 26.7 Å². The number of hydrogen-bond acceptors (Lipinski definition) is 4. The topological polar surface area (TPSA) is 71.1 Å². The summed E-state index contributed by atoms with van der Waals surface area (Å²) in [5.41, 5.74) is 1.80. The molecule has 0 spiro atoms. The van der Waals surface area contributed by atoms with E-state index in [1.54, 1.807) is 6.07 Å². The summed E-state index contributed by atoms with van der Waals surface area (Å²) in [7, 11) is -1.44. The van der Waals surface area contributed by atoms with Gasteiger partial charge in [0.25, 0.3) is 0 Å². The van der Waals surface area contributed by atoms with E-state index in [2.05, 4.69) is 15.0 Å². The Kier molecular flexibility index (Phi) is 5.55. The fraction of sp³-hybridized carbons (Fsp3) is 0.583. The summed E-state index contributed by atoms with van der Waals surface area (Å²) in [6.07, 6.45) is 1.48. The molecule has 1 rings (SSSR count). The van der Waals surface area contributed by atoms with Crippen LogP contribution in [0.3, 0.4) is 0 Å². The monoisotopic (exact) mass is 271 g/mol. The van der Waals surface area contributed by atoms with Crippen LogP contribution in [-0.4, -0.2) is 32.7 Å². The van der Waals surface area contributed by atoms with Crippen LogP contribution in [0.2, 0.25) is 0 Å². The van der Waals surface area contributed by atoms with E-state index in [1.165, 1.54) is 0 Å². The van der Waals surface area contributed by atoms with Gasteiger partial charge in [-0.05, 0) is 58.0 Å². The quantitative estimate of drug-likeness (QED) is 0.736. The van der Waals surface area contributed by atoms with Crippen LogP contribution in [-0.2, 0) is 10.0 Å². The molecule has 1 heterocycles. The van der Waals surface area contributed by atoms with Crippen molar-refractivity contribution in [2.24, 2.45) is 0 Å². The third kappa shape index (κ3) is 5.46. The average molecular weight is 271 g/mol. The van der Waals surface area contributed by atoms with Crippen LogP contribution in [0, 0.1) is 13.8 Å². The number of hydrogen-bond donors (Lipinski definition) is 2. The zero-order valence-electron chi connectivity index (χ0n) is 11.2. The summed E-state index contributed by atoms with van der Waals surface area (Å²) in [5, 5.41) is 2.99. The van der Waals surface area contributed by atoms with Gasteiger partial charge < -0.3 is 5.32 Å². The molecule has 102 valence electrons. The molecule has 0 unspecified atom stereocenters. The summed E-state index contributed by atoms with van der Waals surface area (Å²) in [6.45, 7) is 4.59. The second-order valence-electron chi connectivity index (χ2n) is 4.40. The first-order valence-electron chi connectivity index (χ1n) is 6.03. The number of aromatic nitrogens is 1. The summed E-state index contributed by atoms with van der Waals surface area (Å²) >= 11 is 0. The van der Waals surface area contributed by atoms with Gasteiger partial charge in [0.15, 0.2) is 0 Å². The first kappa shape index (κ1) is 14.9. The third-order valence-corrected chi connectivity index (χ3v) is 3.79. The summed E-state index contributed by atoms with van der Waals surface area (Å²) in [5.74, 6) is 0.532. The van der Waals surface area contributed by atoms with Gasteiger partial charge >= 0.3 is 0 Å². The van der Waals surface area contributed by atoms with Crippen molar-refractivity contribution in [3.8, 4) is 0 Å². The highest BCUT2D eigenvalue weighted by atomic mass is 32.2. The van der Waals surface area contributed by atoms with Crippen molar-refractivity contribution in [2.75, 3.05) is 24.1 Å². The second-order valence-corrected chi connectivity index (χ2v) is 6.24. The van der Waals surface area contributed by atoms with Crippen LogP contribution in [0.15, 0.2) is 12.1 Å². The fourth-order valence-corrected chi connectivity index (χ4v) is 2.81. The normalized spacial score (nSPS) is 11.5. The van der Waals surface area contributed by atoms with Crippen LogP contribution in [0.5, 0.6) is 0 Å². The van der Waals surface area contributed by atoms with Crippen LogP contribution in [0.1, 0.15) is 24.1 Å². The molecule has 0 atom stereocenters. The lowest BCUT2D eigenvalue weighted by Gasteiger charge is -2.08. The highest BCUT2D eigenvalue weighted by Gasteiger charge is 2.11. The highest BCUT2D eigenvalue weighted by Crippen LogP contribution is 2.11. The molecular formula is C12H21N3O2S. The van der Waals surface area contributed by atoms with Crippen molar-refractivity contribution >= 4 is 15.8 Å². The number of anilines is 1. The predicted molar refractivity (Wildman–Crippen MR) is 74.3 cm³/mol. The van der Waals surface area contributed by atoms with Crippen molar-refractivity contribution in [1.82, 2.24) is 10.3 Å². The Bertz CT molecular complexity index is 466. The first-order valence-corrected chi connectivity index (χ1v) is 7.68. The lowest BCUT2D eigenvalue weighted by atomic mass is 10.2. The van der Waals surface area contributed by atoms with E-state index < -0.39 is 10.0 Å². The molecule has 0 aliphatic heterocycles. The van der Waals surface area contributed by atoms with Gasteiger partial charge in [0.05, 0.1) is 5.75 Å². The lowest BCUT2D eigenvalue weighted by molar-refractivity contribution is 0.595. The fourth-order valence-electron chi connectivity index (χ4n) is 1.70. The molecule has 0 fully saturated rings.